The summed E-state index contributed by atoms with van der Waals surface area (Å²) in [6.07, 6.45) is 2.68. The van der Waals surface area contributed by atoms with E-state index in [1.54, 1.807) is 7.11 Å². The SMILES string of the molecule is COc1ccc2[nH]c3c(c2c1)CC(C(=O)N1CCN(c2ccccc2)CC1)CC3. The summed E-state index contributed by atoms with van der Waals surface area (Å²) in [7, 11) is 1.70. The number of anilines is 1. The molecular weight excluding hydrogens is 362 g/mol. The summed E-state index contributed by atoms with van der Waals surface area (Å²) in [6.45, 7) is 3.41. The molecule has 1 aromatic heterocycles. The van der Waals surface area contributed by atoms with Crippen LogP contribution in [0.4, 0.5) is 5.69 Å². The molecule has 2 heterocycles. The molecule has 5 heteroatoms. The van der Waals surface area contributed by atoms with Gasteiger partial charge in [0.2, 0.25) is 5.91 Å². The molecule has 0 bridgehead atoms. The van der Waals surface area contributed by atoms with E-state index >= 15 is 0 Å². The number of hydrogen-bond donors (Lipinski definition) is 1. The van der Waals surface area contributed by atoms with Gasteiger partial charge in [0.1, 0.15) is 5.75 Å². The van der Waals surface area contributed by atoms with Crippen molar-refractivity contribution in [1.82, 2.24) is 9.88 Å². The van der Waals surface area contributed by atoms with Gasteiger partial charge in [0.05, 0.1) is 7.11 Å². The molecule has 5 rings (SSSR count). The van der Waals surface area contributed by atoms with Crippen molar-refractivity contribution in [2.75, 3.05) is 38.2 Å². The normalized spacial score (nSPS) is 19.3. The van der Waals surface area contributed by atoms with Crippen LogP contribution in [0.2, 0.25) is 0 Å². The lowest BCUT2D eigenvalue weighted by molar-refractivity contribution is -0.136. The standard InChI is InChI=1S/C24H27N3O2/c1-29-19-8-10-23-21(16-19)20-15-17(7-9-22(20)25-23)24(28)27-13-11-26(12-14-27)18-5-3-2-4-6-18/h2-6,8,10,16-17,25H,7,9,11-15H2,1H3. The largest absolute Gasteiger partial charge is 0.497 e. The molecule has 29 heavy (non-hydrogen) atoms. The molecule has 1 N–H and O–H groups in total. The minimum atomic E-state index is 0.0796. The van der Waals surface area contributed by atoms with Crippen molar-refractivity contribution in [3.8, 4) is 5.75 Å². The Morgan fingerprint density at radius 2 is 1.86 bits per heavy atom. The van der Waals surface area contributed by atoms with Gasteiger partial charge in [0.25, 0.3) is 0 Å². The van der Waals surface area contributed by atoms with Gasteiger partial charge < -0.3 is 19.5 Å². The number of fused-ring (bicyclic) bond motifs is 3. The molecule has 3 aromatic rings. The third kappa shape index (κ3) is 3.35. The predicted molar refractivity (Wildman–Crippen MR) is 116 cm³/mol. The molecule has 2 aliphatic rings. The van der Waals surface area contributed by atoms with E-state index in [0.717, 1.165) is 56.7 Å². The van der Waals surface area contributed by atoms with E-state index in [9.17, 15) is 4.79 Å². The maximum absolute atomic E-state index is 13.3. The van der Waals surface area contributed by atoms with Gasteiger partial charge in [-0.3, -0.25) is 4.79 Å². The number of carbonyl (C=O) groups is 1. The molecule has 1 aliphatic carbocycles. The number of aromatic amines is 1. The molecule has 1 amide bonds. The summed E-state index contributed by atoms with van der Waals surface area (Å²) in [5, 5.41) is 1.20. The molecule has 2 aromatic carbocycles. The van der Waals surface area contributed by atoms with Gasteiger partial charge in [-0.1, -0.05) is 18.2 Å². The maximum atomic E-state index is 13.3. The highest BCUT2D eigenvalue weighted by Gasteiger charge is 2.32. The third-order valence-corrected chi connectivity index (χ3v) is 6.46. The molecule has 0 saturated carbocycles. The summed E-state index contributed by atoms with van der Waals surface area (Å²) in [5.74, 6) is 1.27. The van der Waals surface area contributed by atoms with E-state index in [2.05, 4.69) is 51.2 Å². The van der Waals surface area contributed by atoms with E-state index in [-0.39, 0.29) is 5.92 Å². The summed E-state index contributed by atoms with van der Waals surface area (Å²) in [6, 6.07) is 16.6. The van der Waals surface area contributed by atoms with Crippen LogP contribution < -0.4 is 9.64 Å². The zero-order valence-electron chi connectivity index (χ0n) is 16.9. The molecule has 150 valence electrons. The van der Waals surface area contributed by atoms with Crippen LogP contribution in [0.3, 0.4) is 0 Å². The van der Waals surface area contributed by atoms with Gasteiger partial charge in [-0.25, -0.2) is 0 Å². The van der Waals surface area contributed by atoms with Crippen molar-refractivity contribution in [2.45, 2.75) is 19.3 Å². The zero-order valence-corrected chi connectivity index (χ0v) is 16.9. The second kappa shape index (κ2) is 7.47. The van der Waals surface area contributed by atoms with Crippen LogP contribution >= 0.6 is 0 Å². The summed E-state index contributed by atoms with van der Waals surface area (Å²) in [5.41, 5.74) is 4.97. The number of nitrogens with zero attached hydrogens (tertiary/aromatic N) is 2. The van der Waals surface area contributed by atoms with Crippen LogP contribution in [0.1, 0.15) is 17.7 Å². The van der Waals surface area contributed by atoms with Crippen molar-refractivity contribution in [1.29, 1.82) is 0 Å². The molecule has 1 unspecified atom stereocenters. The topological polar surface area (TPSA) is 48.6 Å². The van der Waals surface area contributed by atoms with E-state index < -0.39 is 0 Å². The molecule has 0 spiro atoms. The lowest BCUT2D eigenvalue weighted by atomic mass is 9.85. The number of methoxy groups -OCH3 is 1. The lowest BCUT2D eigenvalue weighted by Gasteiger charge is -2.38. The number of benzene rings is 2. The van der Waals surface area contributed by atoms with Crippen LogP contribution in [0.15, 0.2) is 48.5 Å². The molecule has 5 nitrogen and oxygen atoms in total. The molecule has 1 saturated heterocycles. The quantitative estimate of drug-likeness (QED) is 0.744. The van der Waals surface area contributed by atoms with Crippen molar-refractivity contribution < 1.29 is 9.53 Å². The molecule has 0 radical (unpaired) electrons. The van der Waals surface area contributed by atoms with Gasteiger partial charge in [-0.05, 0) is 55.2 Å². The molecule has 1 fully saturated rings. The average Bonchev–Trinajstić information content (AvgIpc) is 3.16. The highest BCUT2D eigenvalue weighted by Crippen LogP contribution is 2.34. The number of hydrogen-bond acceptors (Lipinski definition) is 3. The Hall–Kier alpha value is -2.95. The first-order chi connectivity index (χ1) is 14.2. The van der Waals surface area contributed by atoms with Gasteiger partial charge in [0, 0.05) is 54.4 Å². The first-order valence-electron chi connectivity index (χ1n) is 10.5. The van der Waals surface area contributed by atoms with Crippen LogP contribution in [0.5, 0.6) is 5.75 Å². The van der Waals surface area contributed by atoms with Crippen molar-refractivity contribution >= 4 is 22.5 Å². The van der Waals surface area contributed by atoms with Crippen molar-refractivity contribution in [3.05, 3.63) is 59.8 Å². The Morgan fingerprint density at radius 3 is 2.62 bits per heavy atom. The smallest absolute Gasteiger partial charge is 0.226 e. The predicted octanol–water partition coefficient (Wildman–Crippen LogP) is 3.63. The summed E-state index contributed by atoms with van der Waals surface area (Å²) in [4.78, 5) is 21.2. The Kier molecular flexibility index (Phi) is 4.66. The Labute approximate surface area is 171 Å². The number of amides is 1. The number of carbonyl (C=O) groups excluding carboxylic acids is 1. The maximum Gasteiger partial charge on any atom is 0.226 e. The number of rotatable bonds is 3. The Balaban J connectivity index is 1.29. The van der Waals surface area contributed by atoms with Crippen LogP contribution in [0, 0.1) is 5.92 Å². The zero-order chi connectivity index (χ0) is 19.8. The first kappa shape index (κ1) is 18.1. The molecular formula is C24H27N3O2. The molecule has 1 aliphatic heterocycles. The number of ether oxygens (including phenoxy) is 1. The van der Waals surface area contributed by atoms with Crippen molar-refractivity contribution in [2.24, 2.45) is 5.92 Å². The van der Waals surface area contributed by atoms with E-state index in [0.29, 0.717) is 5.91 Å². The fourth-order valence-electron chi connectivity index (χ4n) is 4.82. The van der Waals surface area contributed by atoms with Gasteiger partial charge >= 0.3 is 0 Å². The average molecular weight is 389 g/mol. The first-order valence-corrected chi connectivity index (χ1v) is 10.5. The summed E-state index contributed by atoms with van der Waals surface area (Å²) >= 11 is 0. The minimum absolute atomic E-state index is 0.0796. The number of nitrogens with one attached hydrogen (secondary N) is 1. The van der Waals surface area contributed by atoms with E-state index in [1.807, 2.05) is 12.1 Å². The summed E-state index contributed by atoms with van der Waals surface area (Å²) < 4.78 is 5.40. The minimum Gasteiger partial charge on any atom is -0.497 e. The van der Waals surface area contributed by atoms with Gasteiger partial charge in [-0.15, -0.1) is 0 Å². The van der Waals surface area contributed by atoms with Gasteiger partial charge in [-0.2, -0.15) is 0 Å². The Morgan fingerprint density at radius 1 is 1.07 bits per heavy atom. The number of H-pyrrole nitrogens is 1. The fraction of sp³-hybridized carbons (Fsp3) is 0.375. The fourth-order valence-corrected chi connectivity index (χ4v) is 4.82. The number of piperazine rings is 1. The number of aromatic nitrogens is 1. The van der Waals surface area contributed by atoms with E-state index in [1.165, 1.54) is 22.3 Å². The van der Waals surface area contributed by atoms with Crippen LogP contribution in [0.25, 0.3) is 10.9 Å². The molecule has 1 atom stereocenters. The highest BCUT2D eigenvalue weighted by molar-refractivity contribution is 5.88. The van der Waals surface area contributed by atoms with Crippen molar-refractivity contribution in [3.63, 3.8) is 0 Å². The number of para-hydroxylation sites is 1. The van der Waals surface area contributed by atoms with Gasteiger partial charge in [0.15, 0.2) is 0 Å². The second-order valence-corrected chi connectivity index (χ2v) is 8.08. The second-order valence-electron chi connectivity index (χ2n) is 8.08. The van der Waals surface area contributed by atoms with Crippen LogP contribution in [-0.2, 0) is 17.6 Å². The third-order valence-electron chi connectivity index (χ3n) is 6.46. The number of aryl methyl sites for hydroxylation is 1. The van der Waals surface area contributed by atoms with E-state index in [4.69, 9.17) is 4.74 Å². The lowest BCUT2D eigenvalue weighted by Crippen LogP contribution is -2.51. The highest BCUT2D eigenvalue weighted by atomic mass is 16.5. The van der Waals surface area contributed by atoms with Crippen LogP contribution in [-0.4, -0.2) is 49.1 Å². The monoisotopic (exact) mass is 389 g/mol. The Bertz CT molecular complexity index is 1020.